The number of nitrogens with one attached hydrogen (secondary N) is 1. The van der Waals surface area contributed by atoms with E-state index in [1.807, 2.05) is 12.1 Å². The molecule has 27 heavy (non-hydrogen) atoms. The van der Waals surface area contributed by atoms with Crippen LogP contribution in [0, 0.1) is 11.3 Å². The highest BCUT2D eigenvalue weighted by Crippen LogP contribution is 2.23. The molecule has 4 aromatic rings. The number of benzene rings is 2. The zero-order valence-electron chi connectivity index (χ0n) is 13.9. The third kappa shape index (κ3) is 3.45. The first-order chi connectivity index (χ1) is 13.2. The van der Waals surface area contributed by atoms with Gasteiger partial charge in [0.05, 0.1) is 17.9 Å². The Bertz CT molecular complexity index is 1140. The minimum absolute atomic E-state index is 0.0247. The minimum atomic E-state index is -0.386. The van der Waals surface area contributed by atoms with Crippen molar-refractivity contribution in [3.05, 3.63) is 78.1 Å². The summed E-state index contributed by atoms with van der Waals surface area (Å²) in [5.41, 5.74) is 2.65. The molecule has 0 radical (unpaired) electrons. The number of aromatic nitrogens is 2. The number of nitriles is 1. The van der Waals surface area contributed by atoms with E-state index in [1.165, 1.54) is 6.26 Å². The van der Waals surface area contributed by atoms with Crippen LogP contribution in [0.15, 0.2) is 75.8 Å². The summed E-state index contributed by atoms with van der Waals surface area (Å²) in [5, 5.41) is 19.2. The summed E-state index contributed by atoms with van der Waals surface area (Å²) in [5.74, 6) is 0.211. The summed E-state index contributed by atoms with van der Waals surface area (Å²) in [6.45, 7) is 0. The van der Waals surface area contributed by atoms with Crippen LogP contribution in [0.4, 0.5) is 6.01 Å². The SMILES string of the molecule is N#Cc1cccc(-c2cccc(C(=O)Nc3nnc(-c4ccco4)o3)c2)c1. The molecule has 4 rings (SSSR count). The second kappa shape index (κ2) is 6.98. The van der Waals surface area contributed by atoms with Crippen LogP contribution < -0.4 is 5.32 Å². The van der Waals surface area contributed by atoms with Gasteiger partial charge in [-0.15, -0.1) is 5.10 Å². The number of carbonyl (C=O) groups excluding carboxylic acids is 1. The fourth-order valence-corrected chi connectivity index (χ4v) is 2.55. The topological polar surface area (TPSA) is 105 Å². The van der Waals surface area contributed by atoms with Crippen LogP contribution in [-0.4, -0.2) is 16.1 Å². The highest BCUT2D eigenvalue weighted by atomic mass is 16.4. The van der Waals surface area contributed by atoms with Crippen LogP contribution in [-0.2, 0) is 0 Å². The molecule has 0 bridgehead atoms. The molecule has 1 N–H and O–H groups in total. The number of rotatable bonds is 4. The van der Waals surface area contributed by atoms with Crippen LogP contribution in [0.2, 0.25) is 0 Å². The van der Waals surface area contributed by atoms with E-state index in [1.54, 1.807) is 48.5 Å². The van der Waals surface area contributed by atoms with Crippen molar-refractivity contribution in [1.82, 2.24) is 10.2 Å². The van der Waals surface area contributed by atoms with Crippen LogP contribution in [0.1, 0.15) is 15.9 Å². The van der Waals surface area contributed by atoms with Crippen LogP contribution in [0.25, 0.3) is 22.8 Å². The molecule has 1 amide bonds. The predicted molar refractivity (Wildman–Crippen MR) is 96.5 cm³/mol. The fourth-order valence-electron chi connectivity index (χ4n) is 2.55. The van der Waals surface area contributed by atoms with Crippen molar-refractivity contribution in [2.45, 2.75) is 0 Å². The summed E-state index contributed by atoms with van der Waals surface area (Å²) in [6, 6.07) is 19.7. The number of hydrogen-bond donors (Lipinski definition) is 1. The molecule has 0 atom stereocenters. The molecular formula is C20H12N4O3. The number of furan rings is 1. The zero-order chi connectivity index (χ0) is 18.6. The Morgan fingerprint density at radius 2 is 1.81 bits per heavy atom. The highest BCUT2D eigenvalue weighted by Gasteiger charge is 2.14. The molecule has 0 aliphatic carbocycles. The van der Waals surface area contributed by atoms with Gasteiger partial charge in [-0.3, -0.25) is 10.1 Å². The third-order valence-electron chi connectivity index (χ3n) is 3.83. The Labute approximate surface area is 153 Å². The fraction of sp³-hybridized carbons (Fsp3) is 0. The Kier molecular flexibility index (Phi) is 4.21. The van der Waals surface area contributed by atoms with E-state index < -0.39 is 0 Å². The average Bonchev–Trinajstić information content (AvgIpc) is 3.40. The third-order valence-corrected chi connectivity index (χ3v) is 3.83. The van der Waals surface area contributed by atoms with E-state index in [0.29, 0.717) is 16.9 Å². The van der Waals surface area contributed by atoms with Gasteiger partial charge in [0.1, 0.15) is 0 Å². The Morgan fingerprint density at radius 1 is 1.00 bits per heavy atom. The van der Waals surface area contributed by atoms with E-state index in [2.05, 4.69) is 21.6 Å². The van der Waals surface area contributed by atoms with Gasteiger partial charge in [-0.25, -0.2) is 0 Å². The zero-order valence-corrected chi connectivity index (χ0v) is 13.9. The molecule has 0 unspecified atom stereocenters. The van der Waals surface area contributed by atoms with Crippen molar-refractivity contribution in [2.24, 2.45) is 0 Å². The summed E-state index contributed by atoms with van der Waals surface area (Å²) >= 11 is 0. The van der Waals surface area contributed by atoms with Crippen LogP contribution in [0.5, 0.6) is 0 Å². The lowest BCUT2D eigenvalue weighted by Gasteiger charge is -2.05. The minimum Gasteiger partial charge on any atom is -0.459 e. The van der Waals surface area contributed by atoms with Crippen molar-refractivity contribution in [3.63, 3.8) is 0 Å². The molecule has 0 saturated heterocycles. The molecule has 0 spiro atoms. The van der Waals surface area contributed by atoms with Gasteiger partial charge in [0, 0.05) is 5.56 Å². The van der Waals surface area contributed by atoms with Gasteiger partial charge >= 0.3 is 6.01 Å². The lowest BCUT2D eigenvalue weighted by molar-refractivity contribution is 0.102. The maximum absolute atomic E-state index is 12.5. The smallest absolute Gasteiger partial charge is 0.322 e. The number of nitrogens with zero attached hydrogens (tertiary/aromatic N) is 3. The molecule has 7 heteroatoms. The molecule has 7 nitrogen and oxygen atoms in total. The summed E-state index contributed by atoms with van der Waals surface area (Å²) in [4.78, 5) is 12.5. The van der Waals surface area contributed by atoms with E-state index in [4.69, 9.17) is 14.1 Å². The van der Waals surface area contributed by atoms with Crippen molar-refractivity contribution in [3.8, 4) is 28.8 Å². The van der Waals surface area contributed by atoms with Gasteiger partial charge < -0.3 is 8.83 Å². The second-order valence-electron chi connectivity index (χ2n) is 5.62. The first-order valence-corrected chi connectivity index (χ1v) is 8.02. The summed E-state index contributed by atoms with van der Waals surface area (Å²) in [7, 11) is 0. The van der Waals surface area contributed by atoms with Crippen LogP contribution in [0.3, 0.4) is 0 Å². The number of anilines is 1. The summed E-state index contributed by atoms with van der Waals surface area (Å²) in [6.07, 6.45) is 1.49. The molecule has 2 aromatic heterocycles. The molecule has 0 aliphatic rings. The molecular weight excluding hydrogens is 344 g/mol. The van der Waals surface area contributed by atoms with Gasteiger partial charge in [-0.2, -0.15) is 5.26 Å². The van der Waals surface area contributed by atoms with Gasteiger partial charge in [0.2, 0.25) is 0 Å². The van der Waals surface area contributed by atoms with Crippen molar-refractivity contribution in [1.29, 1.82) is 5.26 Å². The maximum atomic E-state index is 12.5. The average molecular weight is 356 g/mol. The molecule has 0 saturated carbocycles. The number of hydrogen-bond acceptors (Lipinski definition) is 6. The Balaban J connectivity index is 1.55. The van der Waals surface area contributed by atoms with Crippen molar-refractivity contribution in [2.75, 3.05) is 5.32 Å². The largest absolute Gasteiger partial charge is 0.459 e. The standard InChI is InChI=1S/C20H12N4O3/c21-12-13-4-1-5-14(10-13)15-6-2-7-16(11-15)18(25)22-20-24-23-19(27-20)17-8-3-9-26-17/h1-11H,(H,22,24,25). The monoisotopic (exact) mass is 356 g/mol. The lowest BCUT2D eigenvalue weighted by atomic mass is 10.0. The molecule has 2 heterocycles. The molecule has 130 valence electrons. The quantitative estimate of drug-likeness (QED) is 0.590. The Hall–Kier alpha value is -4.18. The highest BCUT2D eigenvalue weighted by molar-refractivity contribution is 6.03. The normalized spacial score (nSPS) is 10.3. The van der Waals surface area contributed by atoms with Crippen LogP contribution >= 0.6 is 0 Å². The Morgan fingerprint density at radius 3 is 2.59 bits per heavy atom. The van der Waals surface area contributed by atoms with E-state index in [9.17, 15) is 4.79 Å². The number of carbonyl (C=O) groups is 1. The predicted octanol–water partition coefficient (Wildman–Crippen LogP) is 4.12. The van der Waals surface area contributed by atoms with E-state index >= 15 is 0 Å². The number of amides is 1. The first-order valence-electron chi connectivity index (χ1n) is 8.02. The maximum Gasteiger partial charge on any atom is 0.322 e. The van der Waals surface area contributed by atoms with Gasteiger partial charge in [0.25, 0.3) is 11.8 Å². The molecule has 0 fully saturated rings. The first kappa shape index (κ1) is 16.3. The lowest BCUT2D eigenvalue weighted by Crippen LogP contribution is -2.12. The van der Waals surface area contributed by atoms with Crippen molar-refractivity contribution < 1.29 is 13.6 Å². The summed E-state index contributed by atoms with van der Waals surface area (Å²) < 4.78 is 10.6. The molecule has 2 aromatic carbocycles. The van der Waals surface area contributed by atoms with E-state index in [0.717, 1.165) is 11.1 Å². The molecule has 0 aliphatic heterocycles. The van der Waals surface area contributed by atoms with Gasteiger partial charge in [0.15, 0.2) is 5.76 Å². The van der Waals surface area contributed by atoms with Gasteiger partial charge in [-0.05, 0) is 47.5 Å². The second-order valence-corrected chi connectivity index (χ2v) is 5.62. The van der Waals surface area contributed by atoms with E-state index in [-0.39, 0.29) is 17.8 Å². The van der Waals surface area contributed by atoms with Gasteiger partial charge in [-0.1, -0.05) is 29.4 Å². The van der Waals surface area contributed by atoms with Crippen molar-refractivity contribution >= 4 is 11.9 Å².